The molecule has 0 aliphatic carbocycles. The van der Waals surface area contributed by atoms with E-state index in [1.807, 2.05) is 68.7 Å². The van der Waals surface area contributed by atoms with Gasteiger partial charge in [0.05, 0.1) is 11.6 Å². The monoisotopic (exact) mass is 404 g/mol. The number of nitrogens with zero attached hydrogens (tertiary/aromatic N) is 2. The van der Waals surface area contributed by atoms with Crippen LogP contribution in [0.4, 0.5) is 0 Å². The van der Waals surface area contributed by atoms with Gasteiger partial charge in [-0.3, -0.25) is 4.79 Å². The Morgan fingerprint density at radius 3 is 2.48 bits per heavy atom. The van der Waals surface area contributed by atoms with E-state index in [1.54, 1.807) is 22.5 Å². The minimum atomic E-state index is -1.04. The van der Waals surface area contributed by atoms with Crippen molar-refractivity contribution in [2.45, 2.75) is 11.4 Å². The van der Waals surface area contributed by atoms with Gasteiger partial charge >= 0.3 is 0 Å². The largest absolute Gasteiger partial charge is 0.348 e. The van der Waals surface area contributed by atoms with Crippen molar-refractivity contribution in [1.82, 2.24) is 9.62 Å². The number of nitrogens with one attached hydrogen (secondary N) is 1. The third-order valence-electron chi connectivity index (χ3n) is 4.40. The SMILES string of the molecule is CN(C)[S+](O)c1ccccc1-c1cccc(C(=O)NCc2ccc(C#N)cc2)c1. The molecule has 0 saturated heterocycles. The molecule has 1 atom stereocenters. The van der Waals surface area contributed by atoms with Crippen molar-refractivity contribution in [2.24, 2.45) is 0 Å². The number of benzene rings is 3. The number of hydrogen-bond donors (Lipinski definition) is 2. The van der Waals surface area contributed by atoms with Crippen molar-refractivity contribution < 1.29 is 9.35 Å². The predicted molar refractivity (Wildman–Crippen MR) is 116 cm³/mol. The van der Waals surface area contributed by atoms with Gasteiger partial charge in [-0.05, 0) is 47.5 Å². The van der Waals surface area contributed by atoms with Crippen LogP contribution in [0, 0.1) is 11.3 Å². The van der Waals surface area contributed by atoms with Crippen molar-refractivity contribution in [3.63, 3.8) is 0 Å². The van der Waals surface area contributed by atoms with Crippen molar-refractivity contribution in [1.29, 1.82) is 5.26 Å². The van der Waals surface area contributed by atoms with Gasteiger partial charge in [0.25, 0.3) is 17.3 Å². The fourth-order valence-corrected chi connectivity index (χ4v) is 3.85. The van der Waals surface area contributed by atoms with Crippen LogP contribution >= 0.6 is 0 Å². The Morgan fingerprint density at radius 2 is 1.79 bits per heavy atom. The zero-order valence-electron chi connectivity index (χ0n) is 16.3. The summed E-state index contributed by atoms with van der Waals surface area (Å²) < 4.78 is 12.3. The fourth-order valence-electron chi connectivity index (χ4n) is 2.87. The normalized spacial score (nSPS) is 11.7. The maximum Gasteiger partial charge on any atom is 0.278 e. The molecule has 0 heterocycles. The lowest BCUT2D eigenvalue weighted by molar-refractivity contribution is 0.0951. The summed E-state index contributed by atoms with van der Waals surface area (Å²) in [5, 5.41) is 11.8. The van der Waals surface area contributed by atoms with Crippen molar-refractivity contribution in [2.75, 3.05) is 14.1 Å². The number of nitriles is 1. The highest BCUT2D eigenvalue weighted by atomic mass is 32.2. The second-order valence-electron chi connectivity index (χ2n) is 6.64. The molecule has 0 fully saturated rings. The number of amides is 1. The van der Waals surface area contributed by atoms with E-state index in [0.29, 0.717) is 17.7 Å². The van der Waals surface area contributed by atoms with Gasteiger partial charge in [0, 0.05) is 31.8 Å². The first-order chi connectivity index (χ1) is 14.0. The van der Waals surface area contributed by atoms with Gasteiger partial charge in [-0.15, -0.1) is 0 Å². The van der Waals surface area contributed by atoms with Crippen LogP contribution < -0.4 is 5.32 Å². The van der Waals surface area contributed by atoms with Gasteiger partial charge in [-0.2, -0.15) is 9.81 Å². The first-order valence-electron chi connectivity index (χ1n) is 9.07. The maximum atomic E-state index is 12.6. The standard InChI is InChI=1S/C23H21N3O2S/c1-26(2)29(28)22-9-4-3-8-21(22)19-6-5-7-20(14-19)23(27)25-16-18-12-10-17(15-24)11-13-18/h3-14,28H,16H2,1-2H3/p+1. The van der Waals surface area contributed by atoms with E-state index in [2.05, 4.69) is 11.4 Å². The Balaban J connectivity index is 1.79. The second-order valence-corrected chi connectivity index (χ2v) is 8.34. The fraction of sp³-hybridized carbons (Fsp3) is 0.130. The lowest BCUT2D eigenvalue weighted by Crippen LogP contribution is -2.23. The average molecular weight is 405 g/mol. The van der Waals surface area contributed by atoms with Crippen molar-refractivity contribution in [3.05, 3.63) is 89.5 Å². The zero-order chi connectivity index (χ0) is 20.8. The van der Waals surface area contributed by atoms with Crippen LogP contribution in [0.15, 0.2) is 77.7 Å². The average Bonchev–Trinajstić information content (AvgIpc) is 2.77. The summed E-state index contributed by atoms with van der Waals surface area (Å²) in [6, 6.07) is 24.2. The molecule has 0 bridgehead atoms. The number of carbonyl (C=O) groups excluding carboxylic acids is 1. The third-order valence-corrected chi connectivity index (χ3v) is 5.84. The van der Waals surface area contributed by atoms with Crippen LogP contribution in [0.25, 0.3) is 11.1 Å². The van der Waals surface area contributed by atoms with Gasteiger partial charge in [-0.1, -0.05) is 40.7 Å². The van der Waals surface area contributed by atoms with Crippen molar-refractivity contribution >= 4 is 17.3 Å². The Hall–Kier alpha value is -3.11. The van der Waals surface area contributed by atoms with E-state index in [4.69, 9.17) is 5.26 Å². The smallest absolute Gasteiger partial charge is 0.278 e. The van der Waals surface area contributed by atoms with E-state index in [1.165, 1.54) is 0 Å². The molecule has 5 nitrogen and oxygen atoms in total. The first-order valence-corrected chi connectivity index (χ1v) is 10.2. The lowest BCUT2D eigenvalue weighted by atomic mass is 10.0. The van der Waals surface area contributed by atoms with Gasteiger partial charge in [-0.25, -0.2) is 0 Å². The summed E-state index contributed by atoms with van der Waals surface area (Å²) in [6.45, 7) is 0.381. The summed E-state index contributed by atoms with van der Waals surface area (Å²) in [5.74, 6) is -0.177. The molecule has 2 N–H and O–H groups in total. The number of rotatable bonds is 6. The van der Waals surface area contributed by atoms with E-state index in [-0.39, 0.29) is 5.91 Å². The van der Waals surface area contributed by atoms with E-state index < -0.39 is 11.4 Å². The summed E-state index contributed by atoms with van der Waals surface area (Å²) >= 11 is -1.04. The minimum Gasteiger partial charge on any atom is -0.348 e. The lowest BCUT2D eigenvalue weighted by Gasteiger charge is -2.11. The minimum absolute atomic E-state index is 0.177. The molecule has 29 heavy (non-hydrogen) atoms. The van der Waals surface area contributed by atoms with Gasteiger partial charge in [0.2, 0.25) is 4.90 Å². The van der Waals surface area contributed by atoms with Gasteiger partial charge in [0.1, 0.15) is 0 Å². The summed E-state index contributed by atoms with van der Waals surface area (Å²) in [4.78, 5) is 13.4. The van der Waals surface area contributed by atoms with E-state index >= 15 is 0 Å². The molecule has 0 saturated carbocycles. The van der Waals surface area contributed by atoms with Crippen LogP contribution in [0.1, 0.15) is 21.5 Å². The van der Waals surface area contributed by atoms with E-state index in [9.17, 15) is 9.35 Å². The van der Waals surface area contributed by atoms with Gasteiger partial charge in [0.15, 0.2) is 0 Å². The first kappa shape index (κ1) is 20.6. The Bertz CT molecular complexity index is 1040. The molecule has 6 heteroatoms. The molecule has 146 valence electrons. The Labute approximate surface area is 173 Å². The quantitative estimate of drug-likeness (QED) is 0.607. The zero-order valence-corrected chi connectivity index (χ0v) is 17.1. The van der Waals surface area contributed by atoms with E-state index in [0.717, 1.165) is 21.6 Å². The van der Waals surface area contributed by atoms with Gasteiger partial charge < -0.3 is 5.32 Å². The molecule has 0 spiro atoms. The number of hydrogen-bond acceptors (Lipinski definition) is 4. The highest BCUT2D eigenvalue weighted by Gasteiger charge is 2.27. The van der Waals surface area contributed by atoms with Crippen LogP contribution in [-0.4, -0.2) is 28.9 Å². The van der Waals surface area contributed by atoms with Crippen LogP contribution in [0.5, 0.6) is 0 Å². The molecular formula is C23H22N3O2S+. The predicted octanol–water partition coefficient (Wildman–Crippen LogP) is 4.08. The molecule has 1 unspecified atom stereocenters. The summed E-state index contributed by atoms with van der Waals surface area (Å²) in [6.07, 6.45) is 0. The van der Waals surface area contributed by atoms with Crippen LogP contribution in [0.3, 0.4) is 0 Å². The summed E-state index contributed by atoms with van der Waals surface area (Å²) in [7, 11) is 3.65. The number of carbonyl (C=O) groups is 1. The Morgan fingerprint density at radius 1 is 1.07 bits per heavy atom. The molecule has 0 radical (unpaired) electrons. The topological polar surface area (TPSA) is 76.4 Å². The third kappa shape index (κ3) is 5.04. The van der Waals surface area contributed by atoms with Crippen LogP contribution in [0.2, 0.25) is 0 Å². The second kappa shape index (κ2) is 9.39. The molecule has 3 aromatic carbocycles. The molecule has 3 aromatic rings. The Kier molecular flexibility index (Phi) is 6.68. The molecular weight excluding hydrogens is 382 g/mol. The maximum absolute atomic E-state index is 12.6. The highest BCUT2D eigenvalue weighted by Crippen LogP contribution is 2.29. The van der Waals surface area contributed by atoms with Crippen molar-refractivity contribution in [3.8, 4) is 17.2 Å². The molecule has 0 aromatic heterocycles. The molecule has 3 rings (SSSR count). The molecule has 1 amide bonds. The summed E-state index contributed by atoms with van der Waals surface area (Å²) in [5.41, 5.74) is 3.84. The molecule has 0 aliphatic rings. The van der Waals surface area contributed by atoms with Crippen LogP contribution in [-0.2, 0) is 17.9 Å². The highest BCUT2D eigenvalue weighted by molar-refractivity contribution is 7.89. The molecule has 0 aliphatic heterocycles.